The number of hydrogen-bond donors (Lipinski definition) is 2. The van der Waals surface area contributed by atoms with Crippen LogP contribution in [0.3, 0.4) is 0 Å². The summed E-state index contributed by atoms with van der Waals surface area (Å²) in [6.45, 7) is 10.2. The molecular weight excluding hydrogens is 495 g/mol. The predicted molar refractivity (Wildman–Crippen MR) is 122 cm³/mol. The van der Waals surface area contributed by atoms with E-state index >= 15 is 0 Å². The molecule has 1 amide bonds. The van der Waals surface area contributed by atoms with Crippen LogP contribution in [0.1, 0.15) is 47.0 Å². The van der Waals surface area contributed by atoms with Gasteiger partial charge in [-0.1, -0.05) is 0 Å². The molecular formula is C18H35IN4O4S. The first kappa shape index (κ1) is 25.3. The van der Waals surface area contributed by atoms with Crippen LogP contribution in [0.5, 0.6) is 0 Å². The molecule has 0 aromatic heterocycles. The van der Waals surface area contributed by atoms with E-state index in [0.29, 0.717) is 38.6 Å². The average Bonchev–Trinajstić information content (AvgIpc) is 2.90. The van der Waals surface area contributed by atoms with Crippen LogP contribution < -0.4 is 10.6 Å². The lowest BCUT2D eigenvalue weighted by Crippen LogP contribution is -2.45. The fourth-order valence-electron chi connectivity index (χ4n) is 3.35. The van der Waals surface area contributed by atoms with E-state index in [-0.39, 0.29) is 53.5 Å². The van der Waals surface area contributed by atoms with E-state index in [1.165, 1.54) is 0 Å². The van der Waals surface area contributed by atoms with Gasteiger partial charge < -0.3 is 20.3 Å². The van der Waals surface area contributed by atoms with Crippen molar-refractivity contribution >= 4 is 45.9 Å². The lowest BCUT2D eigenvalue weighted by atomic mass is 9.98. The molecule has 2 N–H and O–H groups in total. The number of aliphatic imine (C=N–C) groups is 1. The molecule has 10 heteroatoms. The second-order valence-corrected chi connectivity index (χ2v) is 10.6. The summed E-state index contributed by atoms with van der Waals surface area (Å²) in [5.41, 5.74) is -0.494. The van der Waals surface area contributed by atoms with Crippen molar-refractivity contribution in [3.05, 3.63) is 0 Å². The van der Waals surface area contributed by atoms with Crippen molar-refractivity contribution in [3.63, 3.8) is 0 Å². The second-order valence-electron chi connectivity index (χ2n) is 8.40. The van der Waals surface area contributed by atoms with E-state index in [1.54, 1.807) is 4.90 Å². The number of nitrogens with one attached hydrogen (secondary N) is 2. The lowest BCUT2D eigenvalue weighted by molar-refractivity contribution is 0.0170. The van der Waals surface area contributed by atoms with E-state index in [0.717, 1.165) is 12.8 Å². The minimum Gasteiger partial charge on any atom is -0.444 e. The first-order valence-electron chi connectivity index (χ1n) is 9.81. The van der Waals surface area contributed by atoms with Crippen LogP contribution in [-0.2, 0) is 14.6 Å². The third kappa shape index (κ3) is 8.71. The Kier molecular flexibility index (Phi) is 9.78. The van der Waals surface area contributed by atoms with Crippen molar-refractivity contribution in [2.45, 2.75) is 58.6 Å². The number of rotatable bonds is 4. The highest BCUT2D eigenvalue weighted by atomic mass is 127. The van der Waals surface area contributed by atoms with Gasteiger partial charge in [0.15, 0.2) is 15.8 Å². The zero-order chi connectivity index (χ0) is 20.1. The standard InChI is InChI=1S/C18H34N4O4S.HI/c1-5-19-16(21-15-8-10-27(24,25)13-15)20-11-14-7-6-9-22(12-14)17(23)26-18(2,3)4;/h14-15H,5-13H2,1-4H3,(H2,19,20,21);1H. The van der Waals surface area contributed by atoms with Crippen LogP contribution in [0.25, 0.3) is 0 Å². The number of nitrogens with zero attached hydrogens (tertiary/aromatic N) is 2. The molecule has 8 nitrogen and oxygen atoms in total. The Morgan fingerprint density at radius 1 is 1.29 bits per heavy atom. The number of likely N-dealkylation sites (tertiary alicyclic amines) is 1. The highest BCUT2D eigenvalue weighted by Gasteiger charge is 2.29. The topological polar surface area (TPSA) is 100 Å². The molecule has 2 saturated heterocycles. The molecule has 2 atom stereocenters. The van der Waals surface area contributed by atoms with Gasteiger partial charge in [0.2, 0.25) is 0 Å². The van der Waals surface area contributed by atoms with Crippen molar-refractivity contribution < 1.29 is 17.9 Å². The maximum Gasteiger partial charge on any atom is 0.410 e. The predicted octanol–water partition coefficient (Wildman–Crippen LogP) is 1.99. The van der Waals surface area contributed by atoms with E-state index in [9.17, 15) is 13.2 Å². The summed E-state index contributed by atoms with van der Waals surface area (Å²) in [5, 5.41) is 6.41. The van der Waals surface area contributed by atoms with Crippen LogP contribution >= 0.6 is 24.0 Å². The minimum absolute atomic E-state index is 0. The quantitative estimate of drug-likeness (QED) is 0.328. The largest absolute Gasteiger partial charge is 0.444 e. The van der Waals surface area contributed by atoms with E-state index < -0.39 is 15.4 Å². The third-order valence-electron chi connectivity index (χ3n) is 4.60. The molecule has 2 rings (SSSR count). The third-order valence-corrected chi connectivity index (χ3v) is 6.36. The van der Waals surface area contributed by atoms with Gasteiger partial charge in [-0.2, -0.15) is 0 Å². The Labute approximate surface area is 186 Å². The van der Waals surface area contributed by atoms with E-state index in [2.05, 4.69) is 15.6 Å². The molecule has 0 aliphatic carbocycles. The fraction of sp³-hybridized carbons (Fsp3) is 0.889. The molecule has 2 heterocycles. The highest BCUT2D eigenvalue weighted by molar-refractivity contribution is 14.0. The zero-order valence-electron chi connectivity index (χ0n) is 17.4. The number of guanidine groups is 1. The molecule has 0 aromatic carbocycles. The van der Waals surface area contributed by atoms with Gasteiger partial charge in [-0.25, -0.2) is 13.2 Å². The maximum absolute atomic E-state index is 12.3. The summed E-state index contributed by atoms with van der Waals surface area (Å²) in [4.78, 5) is 18.7. The number of sulfone groups is 1. The highest BCUT2D eigenvalue weighted by Crippen LogP contribution is 2.19. The van der Waals surface area contributed by atoms with Gasteiger partial charge >= 0.3 is 6.09 Å². The molecule has 2 fully saturated rings. The van der Waals surface area contributed by atoms with Crippen LogP contribution in [-0.4, -0.2) is 74.7 Å². The summed E-state index contributed by atoms with van der Waals surface area (Å²) < 4.78 is 28.7. The van der Waals surface area contributed by atoms with Crippen LogP contribution in [0.2, 0.25) is 0 Å². The molecule has 0 spiro atoms. The molecule has 0 radical (unpaired) electrons. The number of carbonyl (C=O) groups is 1. The number of amides is 1. The fourth-order valence-corrected chi connectivity index (χ4v) is 5.02. The van der Waals surface area contributed by atoms with Crippen molar-refractivity contribution in [1.29, 1.82) is 0 Å². The number of hydrogen-bond acceptors (Lipinski definition) is 5. The van der Waals surface area contributed by atoms with E-state index in [1.807, 2.05) is 27.7 Å². The molecule has 2 unspecified atom stereocenters. The maximum atomic E-state index is 12.3. The van der Waals surface area contributed by atoms with Gasteiger partial charge in [-0.05, 0) is 52.9 Å². The minimum atomic E-state index is -2.93. The second kappa shape index (κ2) is 10.8. The monoisotopic (exact) mass is 530 g/mol. The number of carbonyl (C=O) groups excluding carboxylic acids is 1. The van der Waals surface area contributed by atoms with E-state index in [4.69, 9.17) is 4.74 Å². The summed E-state index contributed by atoms with van der Waals surface area (Å²) in [7, 11) is -2.93. The molecule has 0 bridgehead atoms. The van der Waals surface area contributed by atoms with Crippen LogP contribution in [0.15, 0.2) is 4.99 Å². The van der Waals surface area contributed by atoms with Gasteiger partial charge in [-0.3, -0.25) is 4.99 Å². The van der Waals surface area contributed by atoms with Gasteiger partial charge in [0.25, 0.3) is 0 Å². The Morgan fingerprint density at radius 3 is 2.57 bits per heavy atom. The lowest BCUT2D eigenvalue weighted by Gasteiger charge is -2.33. The summed E-state index contributed by atoms with van der Waals surface area (Å²) in [6, 6.07) is -0.0857. The smallest absolute Gasteiger partial charge is 0.410 e. The Hall–Kier alpha value is -0.780. The summed E-state index contributed by atoms with van der Waals surface area (Å²) >= 11 is 0. The zero-order valence-corrected chi connectivity index (χ0v) is 20.5. The number of ether oxygens (including phenoxy) is 1. The van der Waals surface area contributed by atoms with Gasteiger partial charge in [0.05, 0.1) is 11.5 Å². The summed E-state index contributed by atoms with van der Waals surface area (Å²) in [5.74, 6) is 1.31. The number of halogens is 1. The SMILES string of the molecule is CCNC(=NCC1CCCN(C(=O)OC(C)(C)C)C1)NC1CCS(=O)(=O)C1.I. The first-order chi connectivity index (χ1) is 12.6. The van der Waals surface area contributed by atoms with Crippen molar-refractivity contribution in [2.24, 2.45) is 10.9 Å². The van der Waals surface area contributed by atoms with Gasteiger partial charge in [-0.15, -0.1) is 24.0 Å². The number of piperidine rings is 1. The molecule has 164 valence electrons. The summed E-state index contributed by atoms with van der Waals surface area (Å²) in [6.07, 6.45) is 2.30. The van der Waals surface area contributed by atoms with Crippen molar-refractivity contribution in [2.75, 3.05) is 37.7 Å². The van der Waals surface area contributed by atoms with Crippen molar-refractivity contribution in [1.82, 2.24) is 15.5 Å². The molecule has 0 saturated carbocycles. The molecule has 2 aliphatic heterocycles. The van der Waals surface area contributed by atoms with Gasteiger partial charge in [0, 0.05) is 32.2 Å². The Bertz CT molecular complexity index is 648. The Morgan fingerprint density at radius 2 is 2.00 bits per heavy atom. The van der Waals surface area contributed by atoms with Crippen LogP contribution in [0, 0.1) is 5.92 Å². The molecule has 28 heavy (non-hydrogen) atoms. The van der Waals surface area contributed by atoms with Gasteiger partial charge in [0.1, 0.15) is 5.60 Å². The molecule has 2 aliphatic rings. The molecule has 0 aromatic rings. The normalized spacial score (nSPS) is 25.0. The van der Waals surface area contributed by atoms with Crippen molar-refractivity contribution in [3.8, 4) is 0 Å². The first-order valence-corrected chi connectivity index (χ1v) is 11.6. The van der Waals surface area contributed by atoms with Crippen LogP contribution in [0.4, 0.5) is 4.79 Å². The average molecular weight is 530 g/mol. The Balaban J connectivity index is 0.00000392.